The van der Waals surface area contributed by atoms with E-state index in [2.05, 4.69) is 20.5 Å². The Balaban J connectivity index is 1.48. The molecule has 0 spiro atoms. The molecule has 1 saturated heterocycles. The number of carbonyl (C=O) groups excluding carboxylic acids is 1. The van der Waals surface area contributed by atoms with Crippen molar-refractivity contribution in [2.45, 2.75) is 30.1 Å². The Morgan fingerprint density at radius 3 is 3.12 bits per heavy atom. The van der Waals surface area contributed by atoms with Gasteiger partial charge in [0.05, 0.1) is 0 Å². The molecule has 8 nitrogen and oxygen atoms in total. The summed E-state index contributed by atoms with van der Waals surface area (Å²) in [6.07, 6.45) is 1.40. The number of aromatic carboxylic acids is 1. The lowest BCUT2D eigenvalue weighted by Crippen LogP contribution is -2.39. The lowest BCUT2D eigenvalue weighted by Gasteiger charge is -2.24. The van der Waals surface area contributed by atoms with Crippen LogP contribution < -0.4 is 5.32 Å². The standard InChI is InChI=1S/C15H19N5O3S2/c1-9-6-12(19-18-9)16-7-10-2-3-13(21)20(10)4-5-24-15-17-11(8-25-15)14(22)23/h6,8,10H,2-5,7H2,1H3,(H,22,23)(H2,16,18,19)/t10-/m1/s1. The molecule has 0 aliphatic carbocycles. The van der Waals surface area contributed by atoms with Crippen molar-refractivity contribution in [1.29, 1.82) is 0 Å². The van der Waals surface area contributed by atoms with Gasteiger partial charge in [-0.2, -0.15) is 5.10 Å². The highest BCUT2D eigenvalue weighted by molar-refractivity contribution is 8.01. The van der Waals surface area contributed by atoms with Gasteiger partial charge in [0.1, 0.15) is 5.82 Å². The average molecular weight is 381 g/mol. The summed E-state index contributed by atoms with van der Waals surface area (Å²) in [5.41, 5.74) is 1.06. The van der Waals surface area contributed by atoms with Crippen LogP contribution in [0.1, 0.15) is 29.0 Å². The Kier molecular flexibility index (Phi) is 5.59. The number of likely N-dealkylation sites (tertiary alicyclic amines) is 1. The molecular weight excluding hydrogens is 362 g/mol. The molecular formula is C15H19N5O3S2. The molecule has 1 aliphatic rings. The number of carboxylic acid groups (broad SMARTS) is 1. The fourth-order valence-corrected chi connectivity index (χ4v) is 4.51. The van der Waals surface area contributed by atoms with E-state index in [1.54, 1.807) is 0 Å². The van der Waals surface area contributed by atoms with Crippen LogP contribution in [0.4, 0.5) is 5.82 Å². The fourth-order valence-electron chi connectivity index (χ4n) is 2.70. The zero-order chi connectivity index (χ0) is 17.8. The lowest BCUT2D eigenvalue weighted by molar-refractivity contribution is -0.128. The van der Waals surface area contributed by atoms with E-state index in [9.17, 15) is 9.59 Å². The van der Waals surface area contributed by atoms with Crippen molar-refractivity contribution in [3.05, 3.63) is 22.8 Å². The molecule has 1 fully saturated rings. The second kappa shape index (κ2) is 7.87. The molecule has 3 N–H and O–H groups in total. The van der Waals surface area contributed by atoms with Gasteiger partial charge in [0.2, 0.25) is 5.91 Å². The maximum atomic E-state index is 12.1. The summed E-state index contributed by atoms with van der Waals surface area (Å²) in [7, 11) is 0. The quantitative estimate of drug-likeness (QED) is 0.600. The number of nitrogens with one attached hydrogen (secondary N) is 2. The van der Waals surface area contributed by atoms with Crippen molar-refractivity contribution in [3.63, 3.8) is 0 Å². The number of rotatable bonds is 8. The molecule has 2 aromatic rings. The highest BCUT2D eigenvalue weighted by Crippen LogP contribution is 2.25. The number of aryl methyl sites for hydroxylation is 1. The Morgan fingerprint density at radius 2 is 2.44 bits per heavy atom. The fraction of sp³-hybridized carbons (Fsp3) is 0.467. The number of hydrogen-bond acceptors (Lipinski definition) is 7. The zero-order valence-electron chi connectivity index (χ0n) is 13.7. The third-order valence-electron chi connectivity index (χ3n) is 3.94. The number of amides is 1. The van der Waals surface area contributed by atoms with E-state index in [4.69, 9.17) is 5.11 Å². The summed E-state index contributed by atoms with van der Waals surface area (Å²) in [4.78, 5) is 28.9. The third kappa shape index (κ3) is 4.51. The van der Waals surface area contributed by atoms with Gasteiger partial charge in [-0.25, -0.2) is 9.78 Å². The summed E-state index contributed by atoms with van der Waals surface area (Å²) in [5.74, 6) is 0.625. The minimum Gasteiger partial charge on any atom is -0.476 e. The number of carbonyl (C=O) groups is 2. The summed E-state index contributed by atoms with van der Waals surface area (Å²) >= 11 is 2.80. The Bertz CT molecular complexity index is 760. The number of aromatic amines is 1. The number of anilines is 1. The molecule has 0 bridgehead atoms. The molecule has 1 atom stereocenters. The van der Waals surface area contributed by atoms with E-state index >= 15 is 0 Å². The van der Waals surface area contributed by atoms with E-state index in [1.807, 2.05) is 17.9 Å². The molecule has 1 aliphatic heterocycles. The normalized spacial score (nSPS) is 17.2. The summed E-state index contributed by atoms with van der Waals surface area (Å²) < 4.78 is 0.714. The average Bonchev–Trinajstić information content (AvgIpc) is 3.28. The van der Waals surface area contributed by atoms with Crippen LogP contribution in [0.2, 0.25) is 0 Å². The Hall–Kier alpha value is -2.07. The van der Waals surface area contributed by atoms with E-state index < -0.39 is 5.97 Å². The van der Waals surface area contributed by atoms with Crippen molar-refractivity contribution in [2.24, 2.45) is 0 Å². The number of hydrogen-bond donors (Lipinski definition) is 3. The van der Waals surface area contributed by atoms with Gasteiger partial charge in [0.15, 0.2) is 10.0 Å². The molecule has 10 heteroatoms. The first-order valence-electron chi connectivity index (χ1n) is 7.90. The van der Waals surface area contributed by atoms with Gasteiger partial charge in [-0.1, -0.05) is 11.8 Å². The van der Waals surface area contributed by atoms with Crippen molar-refractivity contribution in [1.82, 2.24) is 20.1 Å². The van der Waals surface area contributed by atoms with Gasteiger partial charge >= 0.3 is 5.97 Å². The molecule has 0 aromatic carbocycles. The molecule has 25 heavy (non-hydrogen) atoms. The predicted molar refractivity (Wildman–Crippen MR) is 96.3 cm³/mol. The van der Waals surface area contributed by atoms with Gasteiger partial charge in [-0.15, -0.1) is 11.3 Å². The molecule has 134 valence electrons. The lowest BCUT2D eigenvalue weighted by atomic mass is 10.2. The second-order valence-corrected chi connectivity index (χ2v) is 7.95. The van der Waals surface area contributed by atoms with Crippen LogP contribution in [0.25, 0.3) is 0 Å². The molecule has 2 aromatic heterocycles. The molecule has 0 unspecified atom stereocenters. The highest BCUT2D eigenvalue weighted by atomic mass is 32.2. The van der Waals surface area contributed by atoms with E-state index in [-0.39, 0.29) is 17.6 Å². The Labute approximate surface area is 153 Å². The predicted octanol–water partition coefficient (Wildman–Crippen LogP) is 2.07. The maximum absolute atomic E-state index is 12.1. The largest absolute Gasteiger partial charge is 0.476 e. The molecule has 3 rings (SSSR count). The van der Waals surface area contributed by atoms with E-state index in [0.29, 0.717) is 29.6 Å². The van der Waals surface area contributed by atoms with Crippen LogP contribution in [0.15, 0.2) is 15.8 Å². The first-order chi connectivity index (χ1) is 12.0. The zero-order valence-corrected chi connectivity index (χ0v) is 15.3. The number of thioether (sulfide) groups is 1. The number of thiazole rings is 1. The van der Waals surface area contributed by atoms with Gasteiger partial charge in [-0.3, -0.25) is 9.89 Å². The number of aromatic nitrogens is 3. The number of H-pyrrole nitrogens is 1. The first-order valence-corrected chi connectivity index (χ1v) is 9.76. The maximum Gasteiger partial charge on any atom is 0.355 e. The van der Waals surface area contributed by atoms with Crippen molar-refractivity contribution in [2.75, 3.05) is 24.2 Å². The molecule has 1 amide bonds. The summed E-state index contributed by atoms with van der Waals surface area (Å²) in [6.45, 7) is 3.23. The van der Waals surface area contributed by atoms with E-state index in [1.165, 1.54) is 28.5 Å². The number of nitrogens with zero attached hydrogens (tertiary/aromatic N) is 3. The minimum atomic E-state index is -1.02. The SMILES string of the molecule is Cc1cc(NC[C@H]2CCC(=O)N2CCSc2nc(C(=O)O)cs2)n[nH]1. The highest BCUT2D eigenvalue weighted by Gasteiger charge is 2.30. The van der Waals surface area contributed by atoms with Crippen LogP contribution in [0.5, 0.6) is 0 Å². The van der Waals surface area contributed by atoms with Crippen LogP contribution in [-0.2, 0) is 4.79 Å². The van der Waals surface area contributed by atoms with Crippen molar-refractivity contribution in [3.8, 4) is 0 Å². The smallest absolute Gasteiger partial charge is 0.355 e. The first kappa shape index (κ1) is 17.7. The number of carboxylic acids is 1. The second-order valence-electron chi connectivity index (χ2n) is 5.75. The summed E-state index contributed by atoms with van der Waals surface area (Å²) in [5, 5.41) is 20.7. The van der Waals surface area contributed by atoms with Gasteiger partial charge in [0, 0.05) is 48.4 Å². The monoisotopic (exact) mass is 381 g/mol. The van der Waals surface area contributed by atoms with Crippen LogP contribution in [0.3, 0.4) is 0 Å². The van der Waals surface area contributed by atoms with Crippen LogP contribution in [0, 0.1) is 6.92 Å². The van der Waals surface area contributed by atoms with Crippen molar-refractivity contribution >= 4 is 40.8 Å². The topological polar surface area (TPSA) is 111 Å². The molecule has 3 heterocycles. The summed E-state index contributed by atoms with van der Waals surface area (Å²) in [6, 6.07) is 2.08. The Morgan fingerprint density at radius 1 is 1.60 bits per heavy atom. The molecule has 0 radical (unpaired) electrons. The van der Waals surface area contributed by atoms with Crippen molar-refractivity contribution < 1.29 is 14.7 Å². The van der Waals surface area contributed by atoms with Gasteiger partial charge in [0.25, 0.3) is 0 Å². The van der Waals surface area contributed by atoms with Crippen LogP contribution in [-0.4, -0.2) is 61.9 Å². The minimum absolute atomic E-state index is 0.0705. The van der Waals surface area contributed by atoms with Gasteiger partial charge in [-0.05, 0) is 13.3 Å². The van der Waals surface area contributed by atoms with Gasteiger partial charge < -0.3 is 15.3 Å². The van der Waals surface area contributed by atoms with E-state index in [0.717, 1.165) is 17.9 Å². The third-order valence-corrected chi connectivity index (χ3v) is 5.94. The molecule has 0 saturated carbocycles. The van der Waals surface area contributed by atoms with Crippen LogP contribution >= 0.6 is 23.1 Å².